The highest BCUT2D eigenvalue weighted by molar-refractivity contribution is 6.50. The van der Waals surface area contributed by atoms with Crippen LogP contribution in [0.4, 0.5) is 10.5 Å². The van der Waals surface area contributed by atoms with Crippen molar-refractivity contribution in [3.63, 3.8) is 0 Å². The zero-order valence-electron chi connectivity index (χ0n) is 15.3. The summed E-state index contributed by atoms with van der Waals surface area (Å²) in [6.07, 6.45) is 0.716. The van der Waals surface area contributed by atoms with Gasteiger partial charge in [-0.15, -0.1) is 23.2 Å². The second-order valence-electron chi connectivity index (χ2n) is 6.80. The monoisotopic (exact) mass is 440 g/mol. The molecule has 3 amide bonds. The number of benzene rings is 2. The lowest BCUT2D eigenvalue weighted by molar-refractivity contribution is 0.0967. The normalized spacial score (nSPS) is 17.0. The predicted molar refractivity (Wildman–Crippen MR) is 112 cm³/mol. The first-order valence-electron chi connectivity index (χ1n) is 8.66. The lowest BCUT2D eigenvalue weighted by Crippen LogP contribution is -2.34. The summed E-state index contributed by atoms with van der Waals surface area (Å²) in [7, 11) is 0. The van der Waals surface area contributed by atoms with Crippen LogP contribution in [0.15, 0.2) is 36.4 Å². The molecule has 0 radical (unpaired) electrons. The van der Waals surface area contributed by atoms with Gasteiger partial charge in [0.15, 0.2) is 0 Å². The number of carbonyl (C=O) groups excluding carboxylic acids is 2. The van der Waals surface area contributed by atoms with Crippen LogP contribution in [0.3, 0.4) is 0 Å². The number of ether oxygens (including phenoxy) is 1. The quantitative estimate of drug-likeness (QED) is 0.603. The Morgan fingerprint density at radius 3 is 2.36 bits per heavy atom. The number of aryl methyl sites for hydroxylation is 2. The second-order valence-corrected chi connectivity index (χ2v) is 8.75. The van der Waals surface area contributed by atoms with E-state index in [1.165, 1.54) is 0 Å². The zero-order valence-corrected chi connectivity index (χ0v) is 17.6. The smallest absolute Gasteiger partial charge is 0.326 e. The van der Waals surface area contributed by atoms with E-state index >= 15 is 0 Å². The van der Waals surface area contributed by atoms with E-state index in [2.05, 4.69) is 10.6 Å². The van der Waals surface area contributed by atoms with Crippen molar-refractivity contribution in [2.24, 2.45) is 5.92 Å². The lowest BCUT2D eigenvalue weighted by atomic mass is 10.1. The molecule has 0 spiro atoms. The Morgan fingerprint density at radius 2 is 1.79 bits per heavy atom. The Balaban J connectivity index is 1.61. The molecule has 2 aromatic rings. The average molecular weight is 442 g/mol. The highest BCUT2D eigenvalue weighted by Gasteiger charge is 2.52. The molecule has 2 aromatic carbocycles. The Bertz CT molecular complexity index is 908. The minimum Gasteiger partial charge on any atom is -0.493 e. The van der Waals surface area contributed by atoms with Crippen LogP contribution in [0.1, 0.15) is 27.9 Å². The molecule has 28 heavy (non-hydrogen) atoms. The van der Waals surface area contributed by atoms with Gasteiger partial charge in [0.2, 0.25) is 0 Å². The number of hydrogen-bond donors (Lipinski definition) is 2. The van der Waals surface area contributed by atoms with Gasteiger partial charge in [-0.25, -0.2) is 4.79 Å². The van der Waals surface area contributed by atoms with Gasteiger partial charge in [-0.2, -0.15) is 0 Å². The van der Waals surface area contributed by atoms with Gasteiger partial charge >= 0.3 is 6.03 Å². The van der Waals surface area contributed by atoms with Gasteiger partial charge < -0.3 is 10.1 Å². The summed E-state index contributed by atoms with van der Waals surface area (Å²) in [5.41, 5.74) is 2.47. The van der Waals surface area contributed by atoms with Crippen molar-refractivity contribution in [3.8, 4) is 5.75 Å². The lowest BCUT2D eigenvalue weighted by Gasteiger charge is -2.15. The number of nitrogens with one attached hydrogen (secondary N) is 2. The summed E-state index contributed by atoms with van der Waals surface area (Å²) >= 11 is 18.0. The fourth-order valence-electron chi connectivity index (χ4n) is 2.86. The maximum atomic E-state index is 12.2. The molecule has 1 fully saturated rings. The SMILES string of the molecule is Cc1cc(NC(=O)NC(=O)c2ccccc2Cl)cc(C)c1OCC1CC1(Cl)Cl. The van der Waals surface area contributed by atoms with Crippen LogP contribution in [-0.4, -0.2) is 22.9 Å². The third kappa shape index (κ3) is 4.90. The summed E-state index contributed by atoms with van der Waals surface area (Å²) < 4.78 is 5.17. The Labute approximate surface area is 178 Å². The molecule has 0 heterocycles. The molecule has 1 atom stereocenters. The van der Waals surface area contributed by atoms with E-state index in [1.807, 2.05) is 13.8 Å². The summed E-state index contributed by atoms with van der Waals surface area (Å²) in [5.74, 6) is 0.273. The number of halogens is 3. The van der Waals surface area contributed by atoms with Crippen molar-refractivity contribution >= 4 is 52.4 Å². The van der Waals surface area contributed by atoms with E-state index in [4.69, 9.17) is 39.5 Å². The van der Waals surface area contributed by atoms with Gasteiger partial charge in [-0.3, -0.25) is 10.1 Å². The molecule has 3 rings (SSSR count). The number of hydrogen-bond acceptors (Lipinski definition) is 3. The number of imide groups is 1. The number of alkyl halides is 2. The van der Waals surface area contributed by atoms with Crippen LogP contribution in [-0.2, 0) is 0 Å². The number of carbonyl (C=O) groups is 2. The fraction of sp³-hybridized carbons (Fsp3) is 0.300. The summed E-state index contributed by atoms with van der Waals surface area (Å²) in [4.78, 5) is 24.3. The number of amides is 3. The van der Waals surface area contributed by atoms with Gasteiger partial charge in [0.25, 0.3) is 5.91 Å². The van der Waals surface area contributed by atoms with Crippen LogP contribution >= 0.6 is 34.8 Å². The Kier molecular flexibility index (Phi) is 6.08. The largest absolute Gasteiger partial charge is 0.493 e. The van der Waals surface area contributed by atoms with E-state index in [9.17, 15) is 9.59 Å². The second kappa shape index (κ2) is 8.19. The van der Waals surface area contributed by atoms with Gasteiger partial charge in [-0.1, -0.05) is 23.7 Å². The number of anilines is 1. The van der Waals surface area contributed by atoms with Crippen LogP contribution in [0.5, 0.6) is 5.75 Å². The minimum absolute atomic E-state index is 0.119. The zero-order chi connectivity index (χ0) is 20.5. The molecule has 148 valence electrons. The molecule has 1 aliphatic rings. The van der Waals surface area contributed by atoms with E-state index in [0.717, 1.165) is 16.9 Å². The molecule has 8 heteroatoms. The van der Waals surface area contributed by atoms with E-state index in [1.54, 1.807) is 36.4 Å². The highest BCUT2D eigenvalue weighted by atomic mass is 35.5. The topological polar surface area (TPSA) is 67.4 Å². The first kappa shape index (κ1) is 20.8. The van der Waals surface area contributed by atoms with Crippen molar-refractivity contribution in [1.29, 1.82) is 0 Å². The third-order valence-corrected chi connectivity index (χ3v) is 5.70. The number of urea groups is 1. The van der Waals surface area contributed by atoms with Crippen molar-refractivity contribution in [2.45, 2.75) is 24.6 Å². The molecule has 1 aliphatic carbocycles. The predicted octanol–water partition coefficient (Wildman–Crippen LogP) is 5.49. The van der Waals surface area contributed by atoms with Gasteiger partial charge in [0.05, 0.1) is 17.2 Å². The van der Waals surface area contributed by atoms with E-state index in [-0.39, 0.29) is 16.5 Å². The molecule has 0 aliphatic heterocycles. The average Bonchev–Trinajstić information content (AvgIpc) is 3.21. The van der Waals surface area contributed by atoms with E-state index in [0.29, 0.717) is 18.7 Å². The van der Waals surface area contributed by atoms with Crippen LogP contribution in [0.2, 0.25) is 5.02 Å². The Morgan fingerprint density at radius 1 is 1.18 bits per heavy atom. The molecule has 0 bridgehead atoms. The summed E-state index contributed by atoms with van der Waals surface area (Å²) in [5, 5.41) is 5.18. The van der Waals surface area contributed by atoms with Gasteiger partial charge in [0, 0.05) is 11.6 Å². The Hall–Kier alpha value is -1.95. The first-order chi connectivity index (χ1) is 13.2. The van der Waals surface area contributed by atoms with E-state index < -0.39 is 16.3 Å². The van der Waals surface area contributed by atoms with Crippen LogP contribution in [0.25, 0.3) is 0 Å². The van der Waals surface area contributed by atoms with Gasteiger partial charge in [0.1, 0.15) is 10.1 Å². The molecule has 1 saturated carbocycles. The maximum Gasteiger partial charge on any atom is 0.326 e. The third-order valence-electron chi connectivity index (χ3n) is 4.45. The highest BCUT2D eigenvalue weighted by Crippen LogP contribution is 2.53. The number of rotatable bonds is 5. The van der Waals surface area contributed by atoms with Crippen molar-refractivity contribution in [3.05, 3.63) is 58.1 Å². The van der Waals surface area contributed by atoms with Crippen molar-refractivity contribution in [1.82, 2.24) is 5.32 Å². The molecular formula is C20H19Cl3N2O3. The molecular weight excluding hydrogens is 423 g/mol. The van der Waals surface area contributed by atoms with Crippen molar-refractivity contribution in [2.75, 3.05) is 11.9 Å². The van der Waals surface area contributed by atoms with Crippen molar-refractivity contribution < 1.29 is 14.3 Å². The standard InChI is InChI=1S/C20H19Cl3N2O3/c1-11-7-14(8-12(2)17(11)28-10-13-9-20(13,22)23)24-19(27)25-18(26)15-5-3-4-6-16(15)21/h3-8,13H,9-10H2,1-2H3,(H2,24,25,26,27). The molecule has 2 N–H and O–H groups in total. The van der Waals surface area contributed by atoms with Gasteiger partial charge in [-0.05, 0) is 55.7 Å². The van der Waals surface area contributed by atoms with Crippen LogP contribution < -0.4 is 15.4 Å². The molecule has 5 nitrogen and oxygen atoms in total. The summed E-state index contributed by atoms with van der Waals surface area (Å²) in [6, 6.07) is 9.39. The maximum absolute atomic E-state index is 12.2. The minimum atomic E-state index is -0.685. The van der Waals surface area contributed by atoms with Crippen LogP contribution in [0, 0.1) is 19.8 Å². The molecule has 0 saturated heterocycles. The molecule has 0 aromatic heterocycles. The molecule has 1 unspecified atom stereocenters. The first-order valence-corrected chi connectivity index (χ1v) is 9.79. The summed E-state index contributed by atoms with van der Waals surface area (Å²) in [6.45, 7) is 4.19. The fourth-order valence-corrected chi connectivity index (χ4v) is 3.58.